The molecule has 0 aliphatic heterocycles. The van der Waals surface area contributed by atoms with Gasteiger partial charge in [0.25, 0.3) is 0 Å². The Hall–Kier alpha value is -1.06. The normalized spacial score (nSPS) is 22.4. The lowest BCUT2D eigenvalue weighted by atomic mass is 9.76. The molecule has 0 heterocycles. The summed E-state index contributed by atoms with van der Waals surface area (Å²) in [4.78, 5) is 11.7. The molecule has 21 heavy (non-hydrogen) atoms. The zero-order valence-electron chi connectivity index (χ0n) is 12.9. The maximum absolute atomic E-state index is 11.7. The third-order valence-corrected chi connectivity index (χ3v) is 4.50. The highest BCUT2D eigenvalue weighted by Crippen LogP contribution is 2.37. The van der Waals surface area contributed by atoms with Crippen LogP contribution in [0.25, 0.3) is 0 Å². The van der Waals surface area contributed by atoms with Gasteiger partial charge in [0.15, 0.2) is 0 Å². The molecule has 1 aromatic carbocycles. The van der Waals surface area contributed by atoms with Gasteiger partial charge in [-0.2, -0.15) is 0 Å². The summed E-state index contributed by atoms with van der Waals surface area (Å²) < 4.78 is 0. The monoisotopic (exact) mass is 308 g/mol. The van der Waals surface area contributed by atoms with Crippen molar-refractivity contribution >= 4 is 17.5 Å². The molecule has 1 unspecified atom stereocenters. The van der Waals surface area contributed by atoms with Crippen molar-refractivity contribution in [2.24, 2.45) is 0 Å². The first-order chi connectivity index (χ1) is 10.1. The van der Waals surface area contributed by atoms with Gasteiger partial charge in [-0.25, -0.2) is 0 Å². The van der Waals surface area contributed by atoms with Gasteiger partial charge in [-0.15, -0.1) is 0 Å². The lowest BCUT2D eigenvalue weighted by Gasteiger charge is -2.36. The van der Waals surface area contributed by atoms with Gasteiger partial charge in [-0.1, -0.05) is 30.7 Å². The van der Waals surface area contributed by atoms with Crippen LogP contribution in [0, 0.1) is 0 Å². The molecule has 1 atom stereocenters. The predicted molar refractivity (Wildman–Crippen MR) is 87.7 cm³/mol. The molecule has 2 N–H and O–H groups in total. The van der Waals surface area contributed by atoms with Gasteiger partial charge in [0.2, 0.25) is 5.91 Å². The number of amides is 1. The standard InChI is InChI=1S/C17H25ClN2O/c1-3-12(2)20-17(21)7-8-19-16-10-14(11-16)13-5-4-6-15(18)9-13/h4-6,9,12,14,16,19H,3,7-8,10-11H2,1-2H3,(H,20,21). The fourth-order valence-corrected chi connectivity index (χ4v) is 2.85. The summed E-state index contributed by atoms with van der Waals surface area (Å²) in [5, 5.41) is 7.26. The maximum Gasteiger partial charge on any atom is 0.221 e. The number of carbonyl (C=O) groups is 1. The molecular weight excluding hydrogens is 284 g/mol. The summed E-state index contributed by atoms with van der Waals surface area (Å²) in [6.07, 6.45) is 3.80. The van der Waals surface area contributed by atoms with Gasteiger partial charge >= 0.3 is 0 Å². The number of halogens is 1. The Morgan fingerprint density at radius 2 is 2.19 bits per heavy atom. The SMILES string of the molecule is CCC(C)NC(=O)CCNC1CC(c2cccc(Cl)c2)C1. The Balaban J connectivity index is 1.62. The first-order valence-electron chi connectivity index (χ1n) is 7.86. The molecule has 0 saturated heterocycles. The largest absolute Gasteiger partial charge is 0.354 e. The van der Waals surface area contributed by atoms with Crippen molar-refractivity contribution in [2.45, 2.75) is 57.5 Å². The van der Waals surface area contributed by atoms with Crippen LogP contribution in [0.1, 0.15) is 51.0 Å². The van der Waals surface area contributed by atoms with Crippen LogP contribution in [0.3, 0.4) is 0 Å². The number of carbonyl (C=O) groups excluding carboxylic acids is 1. The fraction of sp³-hybridized carbons (Fsp3) is 0.588. The number of benzene rings is 1. The fourth-order valence-electron chi connectivity index (χ4n) is 2.66. The van der Waals surface area contributed by atoms with E-state index < -0.39 is 0 Å². The van der Waals surface area contributed by atoms with E-state index in [1.807, 2.05) is 19.1 Å². The van der Waals surface area contributed by atoms with E-state index >= 15 is 0 Å². The Labute approximate surface area is 132 Å². The molecule has 1 saturated carbocycles. The molecule has 2 rings (SSSR count). The van der Waals surface area contributed by atoms with Gasteiger partial charge in [-0.05, 0) is 49.8 Å². The summed E-state index contributed by atoms with van der Waals surface area (Å²) >= 11 is 6.02. The highest BCUT2D eigenvalue weighted by molar-refractivity contribution is 6.30. The van der Waals surface area contributed by atoms with Crippen molar-refractivity contribution in [3.63, 3.8) is 0 Å². The molecule has 3 nitrogen and oxygen atoms in total. The molecule has 116 valence electrons. The molecule has 1 fully saturated rings. The van der Waals surface area contributed by atoms with Crippen LogP contribution in [0.15, 0.2) is 24.3 Å². The maximum atomic E-state index is 11.7. The highest BCUT2D eigenvalue weighted by Gasteiger charge is 2.29. The minimum absolute atomic E-state index is 0.141. The van der Waals surface area contributed by atoms with Crippen LogP contribution in [-0.2, 0) is 4.79 Å². The van der Waals surface area contributed by atoms with Crippen molar-refractivity contribution in [2.75, 3.05) is 6.54 Å². The van der Waals surface area contributed by atoms with Crippen molar-refractivity contribution in [3.8, 4) is 0 Å². The van der Waals surface area contributed by atoms with Crippen molar-refractivity contribution in [1.82, 2.24) is 10.6 Å². The predicted octanol–water partition coefficient (Wildman–Crippen LogP) is 3.48. The summed E-state index contributed by atoms with van der Waals surface area (Å²) in [5.41, 5.74) is 1.33. The second-order valence-corrected chi connectivity index (χ2v) is 6.44. The van der Waals surface area contributed by atoms with Crippen LogP contribution >= 0.6 is 11.6 Å². The third-order valence-electron chi connectivity index (χ3n) is 4.26. The Morgan fingerprint density at radius 1 is 1.43 bits per heavy atom. The van der Waals surface area contributed by atoms with E-state index in [4.69, 9.17) is 11.6 Å². The molecule has 0 radical (unpaired) electrons. The summed E-state index contributed by atoms with van der Waals surface area (Å²) in [6, 6.07) is 8.93. The van der Waals surface area contributed by atoms with Gasteiger partial charge in [0, 0.05) is 30.1 Å². The molecule has 0 aromatic heterocycles. The van der Waals surface area contributed by atoms with E-state index in [0.29, 0.717) is 18.4 Å². The van der Waals surface area contributed by atoms with E-state index in [9.17, 15) is 4.79 Å². The molecule has 0 spiro atoms. The average molecular weight is 309 g/mol. The first kappa shape index (κ1) is 16.3. The van der Waals surface area contributed by atoms with Crippen LogP contribution in [-0.4, -0.2) is 24.5 Å². The molecule has 1 aliphatic rings. The number of nitrogens with one attached hydrogen (secondary N) is 2. The quantitative estimate of drug-likeness (QED) is 0.809. The molecule has 0 bridgehead atoms. The van der Waals surface area contributed by atoms with Crippen molar-refractivity contribution < 1.29 is 4.79 Å². The van der Waals surface area contributed by atoms with E-state index in [2.05, 4.69) is 29.7 Å². The second-order valence-electron chi connectivity index (χ2n) is 6.00. The van der Waals surface area contributed by atoms with E-state index in [0.717, 1.165) is 30.8 Å². The van der Waals surface area contributed by atoms with Crippen LogP contribution in [0.5, 0.6) is 0 Å². The summed E-state index contributed by atoms with van der Waals surface area (Å²) in [6.45, 7) is 4.87. The summed E-state index contributed by atoms with van der Waals surface area (Å²) in [5.74, 6) is 0.748. The smallest absolute Gasteiger partial charge is 0.221 e. The van der Waals surface area contributed by atoms with Gasteiger partial charge in [0.1, 0.15) is 0 Å². The zero-order chi connectivity index (χ0) is 15.2. The van der Waals surface area contributed by atoms with Gasteiger partial charge in [-0.3, -0.25) is 4.79 Å². The molecular formula is C17H25ClN2O. The second kappa shape index (κ2) is 7.81. The lowest BCUT2D eigenvalue weighted by Crippen LogP contribution is -2.42. The number of rotatable bonds is 7. The van der Waals surface area contributed by atoms with E-state index in [-0.39, 0.29) is 11.9 Å². The first-order valence-corrected chi connectivity index (χ1v) is 8.24. The van der Waals surface area contributed by atoms with E-state index in [1.165, 1.54) is 5.56 Å². The van der Waals surface area contributed by atoms with Crippen LogP contribution < -0.4 is 10.6 Å². The van der Waals surface area contributed by atoms with Gasteiger partial charge < -0.3 is 10.6 Å². The number of hydrogen-bond donors (Lipinski definition) is 2. The van der Waals surface area contributed by atoms with Crippen LogP contribution in [0.4, 0.5) is 0 Å². The molecule has 1 aliphatic carbocycles. The Bertz CT molecular complexity index is 472. The molecule has 4 heteroatoms. The van der Waals surface area contributed by atoms with Gasteiger partial charge in [0.05, 0.1) is 0 Å². The zero-order valence-corrected chi connectivity index (χ0v) is 13.6. The highest BCUT2D eigenvalue weighted by atomic mass is 35.5. The molecule has 1 aromatic rings. The summed E-state index contributed by atoms with van der Waals surface area (Å²) in [7, 11) is 0. The number of hydrogen-bond acceptors (Lipinski definition) is 2. The lowest BCUT2D eigenvalue weighted by molar-refractivity contribution is -0.121. The topological polar surface area (TPSA) is 41.1 Å². The minimum atomic E-state index is 0.141. The minimum Gasteiger partial charge on any atom is -0.354 e. The van der Waals surface area contributed by atoms with Crippen LogP contribution in [0.2, 0.25) is 5.02 Å². The Morgan fingerprint density at radius 3 is 2.86 bits per heavy atom. The molecule has 1 amide bonds. The van der Waals surface area contributed by atoms with Crippen molar-refractivity contribution in [3.05, 3.63) is 34.9 Å². The Kier molecular flexibility index (Phi) is 6.07. The average Bonchev–Trinajstić information content (AvgIpc) is 2.41. The van der Waals surface area contributed by atoms with Crippen molar-refractivity contribution in [1.29, 1.82) is 0 Å². The third kappa shape index (κ3) is 5.01. The van der Waals surface area contributed by atoms with E-state index in [1.54, 1.807) is 0 Å².